The highest BCUT2D eigenvalue weighted by Gasteiger charge is 2.37. The molecule has 4 amide bonds. The third-order valence-electron chi connectivity index (χ3n) is 8.77. The van der Waals surface area contributed by atoms with Crippen LogP contribution >= 0.6 is 0 Å². The second-order valence-corrected chi connectivity index (χ2v) is 12.4. The van der Waals surface area contributed by atoms with Crippen LogP contribution in [0.25, 0.3) is 5.69 Å². The Morgan fingerprint density at radius 2 is 1.73 bits per heavy atom. The van der Waals surface area contributed by atoms with Crippen LogP contribution in [0.15, 0.2) is 36.4 Å². The standard InChI is InChI=1S/C33H44FN7O8/c1-3-19-47-33(46)49-39-17-15-38(16-18-39)32(45)29(22(2)34)36-30(43)25-20-28(41(37-25)24-11-5-4-6-12-24)48-21-27(42)40-14-8-13-26(40)31(44)35-23-9-7-10-23/h4-6,11-12,20,22-23,26,29H,3,7-10,13-19,21H2,1-2H3,(H,35,44)(H,36,43)/t22?,26-,29?/m0/s1. The number of hydrogen-bond acceptors (Lipinski definition) is 10. The Morgan fingerprint density at radius 1 is 1.00 bits per heavy atom. The number of benzene rings is 1. The summed E-state index contributed by atoms with van der Waals surface area (Å²) in [5, 5.41) is 11.2. The number of alkyl halides is 1. The summed E-state index contributed by atoms with van der Waals surface area (Å²) in [6, 6.07) is 8.19. The molecular weight excluding hydrogens is 641 g/mol. The molecule has 1 aliphatic carbocycles. The predicted octanol–water partition coefficient (Wildman–Crippen LogP) is 1.99. The van der Waals surface area contributed by atoms with Crippen molar-refractivity contribution in [3.8, 4) is 11.6 Å². The molecular formula is C33H44FN7O8. The first-order valence-electron chi connectivity index (χ1n) is 16.9. The van der Waals surface area contributed by atoms with Gasteiger partial charge in [0.05, 0.1) is 25.4 Å². The van der Waals surface area contributed by atoms with E-state index in [4.69, 9.17) is 14.3 Å². The first-order valence-corrected chi connectivity index (χ1v) is 16.9. The van der Waals surface area contributed by atoms with Crippen molar-refractivity contribution in [3.05, 3.63) is 42.1 Å². The summed E-state index contributed by atoms with van der Waals surface area (Å²) < 4.78 is 27.0. The number of carbonyl (C=O) groups is 5. The number of carbonyl (C=O) groups excluding carboxylic acids is 5. The number of nitrogens with zero attached hydrogens (tertiary/aromatic N) is 5. The van der Waals surface area contributed by atoms with Gasteiger partial charge in [0.1, 0.15) is 18.3 Å². The Balaban J connectivity index is 1.22. The van der Waals surface area contributed by atoms with Gasteiger partial charge in [-0.15, -0.1) is 5.06 Å². The molecule has 3 fully saturated rings. The summed E-state index contributed by atoms with van der Waals surface area (Å²) in [4.78, 5) is 72.6. The first-order chi connectivity index (χ1) is 23.6. The van der Waals surface area contributed by atoms with E-state index < -0.39 is 42.8 Å². The number of amides is 4. The molecule has 0 radical (unpaired) electrons. The summed E-state index contributed by atoms with van der Waals surface area (Å²) in [5.41, 5.74) is 0.376. The van der Waals surface area contributed by atoms with Gasteiger partial charge in [0, 0.05) is 31.7 Å². The molecule has 1 aromatic carbocycles. The fraction of sp³-hybridized carbons (Fsp3) is 0.576. The Bertz CT molecular complexity index is 1480. The molecule has 1 aromatic heterocycles. The fourth-order valence-electron chi connectivity index (χ4n) is 5.84. The second kappa shape index (κ2) is 16.6. The van der Waals surface area contributed by atoms with Gasteiger partial charge in [-0.05, 0) is 57.6 Å². The molecule has 5 rings (SSSR count). The Kier molecular flexibility index (Phi) is 12.0. The van der Waals surface area contributed by atoms with Crippen molar-refractivity contribution < 1.29 is 42.7 Å². The zero-order chi connectivity index (χ0) is 34.9. The molecule has 2 N–H and O–H groups in total. The van der Waals surface area contributed by atoms with Gasteiger partial charge in [0.25, 0.3) is 11.8 Å². The highest BCUT2D eigenvalue weighted by atomic mass is 19.1. The molecule has 2 aliphatic heterocycles. The van der Waals surface area contributed by atoms with Gasteiger partial charge >= 0.3 is 6.16 Å². The molecule has 3 aliphatic rings. The van der Waals surface area contributed by atoms with Gasteiger partial charge in [0.15, 0.2) is 12.3 Å². The number of para-hydroxylation sites is 1. The number of hydrogen-bond donors (Lipinski definition) is 2. The third-order valence-corrected chi connectivity index (χ3v) is 8.77. The average molecular weight is 686 g/mol. The molecule has 49 heavy (non-hydrogen) atoms. The largest absolute Gasteiger partial charge is 0.527 e. The van der Waals surface area contributed by atoms with Crippen LogP contribution in [0, 0.1) is 0 Å². The summed E-state index contributed by atoms with van der Waals surface area (Å²) in [7, 11) is 0. The monoisotopic (exact) mass is 685 g/mol. The van der Waals surface area contributed by atoms with Crippen molar-refractivity contribution in [1.29, 1.82) is 0 Å². The minimum atomic E-state index is -1.74. The Morgan fingerprint density at radius 3 is 2.39 bits per heavy atom. The highest BCUT2D eigenvalue weighted by molar-refractivity contribution is 5.96. The molecule has 16 heteroatoms. The molecule has 0 bridgehead atoms. The van der Waals surface area contributed by atoms with Crippen molar-refractivity contribution in [3.63, 3.8) is 0 Å². The minimum absolute atomic E-state index is 0.0733. The molecule has 2 aromatic rings. The van der Waals surface area contributed by atoms with E-state index in [-0.39, 0.29) is 62.2 Å². The zero-order valence-corrected chi connectivity index (χ0v) is 27.8. The number of halogens is 1. The van der Waals surface area contributed by atoms with Crippen LogP contribution in [-0.4, -0.2) is 125 Å². The van der Waals surface area contributed by atoms with Crippen molar-refractivity contribution in [2.24, 2.45) is 0 Å². The number of ether oxygens (including phenoxy) is 2. The van der Waals surface area contributed by atoms with Crippen molar-refractivity contribution >= 4 is 29.8 Å². The van der Waals surface area contributed by atoms with E-state index >= 15 is 0 Å². The van der Waals surface area contributed by atoms with Gasteiger partial charge in [-0.3, -0.25) is 19.2 Å². The quantitative estimate of drug-likeness (QED) is 0.298. The molecule has 3 atom stereocenters. The van der Waals surface area contributed by atoms with E-state index in [0.29, 0.717) is 31.5 Å². The van der Waals surface area contributed by atoms with Gasteiger partial charge < -0.3 is 34.7 Å². The molecule has 0 spiro atoms. The molecule has 3 heterocycles. The average Bonchev–Trinajstić information content (AvgIpc) is 3.75. The SMILES string of the molecule is CCCOC(=O)ON1CCN(C(=O)C(NC(=O)c2cc(OCC(=O)N3CCC[C@H]3C(=O)NC3CCC3)n(-c3ccccc3)n2)C(C)F)CC1. The van der Waals surface area contributed by atoms with E-state index in [1.165, 1.54) is 32.5 Å². The Hall–Kier alpha value is -4.73. The van der Waals surface area contributed by atoms with E-state index in [1.54, 1.807) is 30.3 Å². The maximum absolute atomic E-state index is 14.8. The fourth-order valence-corrected chi connectivity index (χ4v) is 5.84. The molecule has 2 unspecified atom stereocenters. The van der Waals surface area contributed by atoms with Crippen LogP contribution < -0.4 is 15.4 Å². The molecule has 266 valence electrons. The van der Waals surface area contributed by atoms with Gasteiger partial charge in [-0.25, -0.2) is 13.9 Å². The number of aromatic nitrogens is 2. The van der Waals surface area contributed by atoms with Crippen LogP contribution in [0.5, 0.6) is 5.88 Å². The van der Waals surface area contributed by atoms with E-state index in [2.05, 4.69) is 15.7 Å². The summed E-state index contributed by atoms with van der Waals surface area (Å²) in [5.74, 6) is -1.91. The lowest BCUT2D eigenvalue weighted by Crippen LogP contribution is -2.57. The smallest absolute Gasteiger partial charge is 0.467 e. The van der Waals surface area contributed by atoms with Crippen molar-refractivity contribution in [1.82, 2.24) is 35.3 Å². The van der Waals surface area contributed by atoms with E-state index in [0.717, 1.165) is 19.3 Å². The van der Waals surface area contributed by atoms with Crippen molar-refractivity contribution in [2.75, 3.05) is 45.9 Å². The van der Waals surface area contributed by atoms with Gasteiger partial charge in [-0.1, -0.05) is 25.1 Å². The third kappa shape index (κ3) is 9.04. The minimum Gasteiger partial charge on any atom is -0.467 e. The number of piperazine rings is 1. The number of nitrogens with one attached hydrogen (secondary N) is 2. The van der Waals surface area contributed by atoms with E-state index in [1.807, 2.05) is 6.92 Å². The van der Waals surface area contributed by atoms with Gasteiger partial charge in [0.2, 0.25) is 17.7 Å². The van der Waals surface area contributed by atoms with Crippen LogP contribution in [0.4, 0.5) is 9.18 Å². The zero-order valence-electron chi connectivity index (χ0n) is 27.8. The second-order valence-electron chi connectivity index (χ2n) is 12.4. The van der Waals surface area contributed by atoms with Crippen LogP contribution in [0.1, 0.15) is 62.9 Å². The molecule has 1 saturated carbocycles. The summed E-state index contributed by atoms with van der Waals surface area (Å²) >= 11 is 0. The number of likely N-dealkylation sites (tertiary alicyclic amines) is 1. The topological polar surface area (TPSA) is 165 Å². The molecule has 15 nitrogen and oxygen atoms in total. The normalized spacial score (nSPS) is 19.4. The highest BCUT2D eigenvalue weighted by Crippen LogP contribution is 2.24. The number of hydroxylamine groups is 2. The van der Waals surface area contributed by atoms with Gasteiger partial charge in [-0.2, -0.15) is 5.10 Å². The van der Waals surface area contributed by atoms with Crippen LogP contribution in [0.3, 0.4) is 0 Å². The predicted molar refractivity (Wildman–Crippen MR) is 172 cm³/mol. The lowest BCUT2D eigenvalue weighted by molar-refractivity contribution is -0.158. The van der Waals surface area contributed by atoms with Crippen molar-refractivity contribution in [2.45, 2.75) is 76.7 Å². The maximum atomic E-state index is 14.8. The first kappa shape index (κ1) is 35.6. The maximum Gasteiger partial charge on any atom is 0.527 e. The lowest BCUT2D eigenvalue weighted by atomic mass is 9.93. The number of rotatable bonds is 13. The summed E-state index contributed by atoms with van der Waals surface area (Å²) in [6.07, 6.45) is 2.31. The lowest BCUT2D eigenvalue weighted by Gasteiger charge is -2.35. The van der Waals surface area contributed by atoms with E-state index in [9.17, 15) is 28.4 Å². The van der Waals surface area contributed by atoms with Crippen LogP contribution in [-0.2, 0) is 24.0 Å². The van der Waals surface area contributed by atoms with Crippen LogP contribution in [0.2, 0.25) is 0 Å². The molecule has 2 saturated heterocycles. The Labute approximate surface area is 283 Å². The summed E-state index contributed by atoms with van der Waals surface area (Å²) in [6.45, 7) is 3.91.